The van der Waals surface area contributed by atoms with Gasteiger partial charge in [0.1, 0.15) is 0 Å². The number of aliphatic hydroxyl groups is 1. The fourth-order valence-corrected chi connectivity index (χ4v) is 1.36. The molecule has 0 heterocycles. The van der Waals surface area contributed by atoms with Crippen molar-refractivity contribution in [3.05, 3.63) is 11.8 Å². The van der Waals surface area contributed by atoms with Crippen molar-refractivity contribution in [3.8, 4) is 0 Å². The quantitative estimate of drug-likeness (QED) is 0.607. The first-order valence-electron chi connectivity index (χ1n) is 3.80. The van der Waals surface area contributed by atoms with Gasteiger partial charge < -0.3 is 5.11 Å². The molecular formula is C8H11F3O. The van der Waals surface area contributed by atoms with Gasteiger partial charge in [0.25, 0.3) is 0 Å². The number of hydrogen-bond donors (Lipinski definition) is 1. The van der Waals surface area contributed by atoms with Crippen LogP contribution in [0.2, 0.25) is 0 Å². The second-order valence-electron chi connectivity index (χ2n) is 3.47. The van der Waals surface area contributed by atoms with Crippen molar-refractivity contribution < 1.29 is 18.3 Å². The third-order valence-corrected chi connectivity index (χ3v) is 2.33. The molecule has 1 aliphatic carbocycles. The summed E-state index contributed by atoms with van der Waals surface area (Å²) in [6.07, 6.45) is -2.67. The summed E-state index contributed by atoms with van der Waals surface area (Å²) in [6.45, 7) is 1.15. The molecule has 12 heavy (non-hydrogen) atoms. The van der Waals surface area contributed by atoms with E-state index in [1.54, 1.807) is 0 Å². The molecule has 0 spiro atoms. The molecule has 0 aromatic rings. The van der Waals surface area contributed by atoms with Crippen LogP contribution in [-0.4, -0.2) is 11.3 Å². The van der Waals surface area contributed by atoms with E-state index >= 15 is 0 Å². The summed E-state index contributed by atoms with van der Waals surface area (Å²) in [5.74, 6) is -0.138. The summed E-state index contributed by atoms with van der Waals surface area (Å²) < 4.78 is 37.1. The zero-order valence-electron chi connectivity index (χ0n) is 6.78. The van der Waals surface area contributed by atoms with Gasteiger partial charge in [-0.15, -0.1) is 0 Å². The molecule has 1 aliphatic rings. The fourth-order valence-electron chi connectivity index (χ4n) is 1.36. The number of hydrogen-bond acceptors (Lipinski definition) is 1. The molecule has 0 saturated carbocycles. The third-order valence-electron chi connectivity index (χ3n) is 2.33. The largest absolute Gasteiger partial charge is 0.513 e. The first kappa shape index (κ1) is 9.42. The number of aliphatic hydroxyl groups excluding tert-OH is 1. The number of allylic oxidation sites excluding steroid dienone is 2. The highest BCUT2D eigenvalue weighted by Crippen LogP contribution is 2.47. The van der Waals surface area contributed by atoms with Crippen LogP contribution in [0.3, 0.4) is 0 Å². The van der Waals surface area contributed by atoms with Gasteiger partial charge in [-0.25, -0.2) is 0 Å². The Morgan fingerprint density at radius 3 is 2.42 bits per heavy atom. The predicted octanol–water partition coefficient (Wildman–Crippen LogP) is 3.18. The Labute approximate surface area is 68.9 Å². The smallest absolute Gasteiger partial charge is 0.394 e. The van der Waals surface area contributed by atoms with Crippen molar-refractivity contribution in [2.24, 2.45) is 5.41 Å². The first-order valence-corrected chi connectivity index (χ1v) is 3.80. The summed E-state index contributed by atoms with van der Waals surface area (Å²) in [4.78, 5) is 0. The minimum absolute atomic E-state index is 0.0700. The molecule has 1 rings (SSSR count). The predicted molar refractivity (Wildman–Crippen MR) is 38.7 cm³/mol. The highest BCUT2D eigenvalue weighted by atomic mass is 19.4. The molecule has 0 saturated heterocycles. The first-order chi connectivity index (χ1) is 5.35. The third kappa shape index (κ3) is 1.57. The number of alkyl halides is 3. The lowest BCUT2D eigenvalue weighted by Crippen LogP contribution is -2.36. The summed E-state index contributed by atoms with van der Waals surface area (Å²) >= 11 is 0. The van der Waals surface area contributed by atoms with E-state index in [2.05, 4.69) is 0 Å². The van der Waals surface area contributed by atoms with Crippen LogP contribution < -0.4 is 0 Å². The summed E-state index contributed by atoms with van der Waals surface area (Å²) in [7, 11) is 0. The molecule has 4 heteroatoms. The fraction of sp³-hybridized carbons (Fsp3) is 0.750. The van der Waals surface area contributed by atoms with E-state index in [-0.39, 0.29) is 18.6 Å². The van der Waals surface area contributed by atoms with Crippen LogP contribution in [0.5, 0.6) is 0 Å². The molecule has 0 bridgehead atoms. The molecule has 0 amide bonds. The highest BCUT2D eigenvalue weighted by Gasteiger charge is 2.51. The normalized spacial score (nSPS) is 31.5. The zero-order valence-corrected chi connectivity index (χ0v) is 6.78. The van der Waals surface area contributed by atoms with Crippen LogP contribution >= 0.6 is 0 Å². The molecule has 1 N–H and O–H groups in total. The van der Waals surface area contributed by atoms with Gasteiger partial charge in [-0.2, -0.15) is 13.2 Å². The monoisotopic (exact) mass is 180 g/mol. The molecule has 0 aliphatic heterocycles. The van der Waals surface area contributed by atoms with Crippen molar-refractivity contribution >= 4 is 0 Å². The Hall–Kier alpha value is -0.670. The lowest BCUT2D eigenvalue weighted by molar-refractivity contribution is -0.223. The molecule has 0 aromatic carbocycles. The van der Waals surface area contributed by atoms with Crippen molar-refractivity contribution in [2.75, 3.05) is 0 Å². The van der Waals surface area contributed by atoms with Gasteiger partial charge in [-0.3, -0.25) is 0 Å². The minimum Gasteiger partial charge on any atom is -0.513 e. The van der Waals surface area contributed by atoms with Crippen LogP contribution in [0.1, 0.15) is 26.2 Å². The lowest BCUT2D eigenvalue weighted by Gasteiger charge is -2.33. The summed E-state index contributed by atoms with van der Waals surface area (Å²) in [6, 6.07) is 0. The second kappa shape index (κ2) is 2.68. The molecule has 1 atom stereocenters. The average molecular weight is 180 g/mol. The summed E-state index contributed by atoms with van der Waals surface area (Å²) in [5, 5.41) is 8.97. The molecule has 70 valence electrons. The summed E-state index contributed by atoms with van der Waals surface area (Å²) in [5.41, 5.74) is -1.73. The van der Waals surface area contributed by atoms with Gasteiger partial charge in [-0.1, -0.05) is 6.92 Å². The van der Waals surface area contributed by atoms with E-state index in [0.717, 1.165) is 6.92 Å². The second-order valence-corrected chi connectivity index (χ2v) is 3.47. The van der Waals surface area contributed by atoms with Crippen molar-refractivity contribution in [1.29, 1.82) is 0 Å². The molecule has 0 radical (unpaired) electrons. The zero-order chi connectivity index (χ0) is 9.41. The number of halogens is 3. The maximum atomic E-state index is 12.4. The van der Waals surface area contributed by atoms with E-state index in [0.29, 0.717) is 6.42 Å². The van der Waals surface area contributed by atoms with Crippen LogP contribution in [0.15, 0.2) is 11.8 Å². The van der Waals surface area contributed by atoms with Gasteiger partial charge in [0.2, 0.25) is 0 Å². The van der Waals surface area contributed by atoms with E-state index in [1.807, 2.05) is 0 Å². The molecular weight excluding hydrogens is 169 g/mol. The van der Waals surface area contributed by atoms with Crippen molar-refractivity contribution in [1.82, 2.24) is 0 Å². The van der Waals surface area contributed by atoms with Crippen LogP contribution in [-0.2, 0) is 0 Å². The molecule has 0 fully saturated rings. The highest BCUT2D eigenvalue weighted by molar-refractivity contribution is 5.04. The SMILES string of the molecule is C[C@]1(C(F)(F)F)CCC=C(O)C1. The molecule has 1 nitrogen and oxygen atoms in total. The minimum atomic E-state index is -4.21. The van der Waals surface area contributed by atoms with Crippen molar-refractivity contribution in [3.63, 3.8) is 0 Å². The Balaban J connectivity index is 2.81. The molecule has 0 unspecified atom stereocenters. The van der Waals surface area contributed by atoms with Crippen LogP contribution in [0, 0.1) is 5.41 Å². The van der Waals surface area contributed by atoms with Gasteiger partial charge in [0, 0.05) is 6.42 Å². The van der Waals surface area contributed by atoms with Crippen molar-refractivity contribution in [2.45, 2.75) is 32.4 Å². The molecule has 0 aromatic heterocycles. The maximum absolute atomic E-state index is 12.4. The Kier molecular flexibility index (Phi) is 2.10. The topological polar surface area (TPSA) is 20.2 Å². The van der Waals surface area contributed by atoms with Gasteiger partial charge in [0.15, 0.2) is 0 Å². The van der Waals surface area contributed by atoms with Gasteiger partial charge in [0.05, 0.1) is 11.2 Å². The Morgan fingerprint density at radius 1 is 1.50 bits per heavy atom. The maximum Gasteiger partial charge on any atom is 0.394 e. The van der Waals surface area contributed by atoms with Crippen LogP contribution in [0.25, 0.3) is 0 Å². The Bertz CT molecular complexity index is 207. The standard InChI is InChI=1S/C8H11F3O/c1-7(8(9,10)11)4-2-3-6(12)5-7/h3,12H,2,4-5H2,1H3/t7-/m0/s1. The van der Waals surface area contributed by atoms with E-state index in [9.17, 15) is 13.2 Å². The van der Waals surface area contributed by atoms with Gasteiger partial charge >= 0.3 is 6.18 Å². The Morgan fingerprint density at radius 2 is 2.08 bits per heavy atom. The van der Waals surface area contributed by atoms with E-state index in [4.69, 9.17) is 5.11 Å². The average Bonchev–Trinajstić information content (AvgIpc) is 1.83. The van der Waals surface area contributed by atoms with E-state index < -0.39 is 11.6 Å². The van der Waals surface area contributed by atoms with E-state index in [1.165, 1.54) is 6.08 Å². The number of rotatable bonds is 0. The van der Waals surface area contributed by atoms with Crippen LogP contribution in [0.4, 0.5) is 13.2 Å². The lowest BCUT2D eigenvalue weighted by atomic mass is 9.77. The van der Waals surface area contributed by atoms with Gasteiger partial charge in [-0.05, 0) is 18.9 Å².